The van der Waals surface area contributed by atoms with Crippen LogP contribution in [0.3, 0.4) is 0 Å². The zero-order valence-electron chi connectivity index (χ0n) is 5.57. The first kappa shape index (κ1) is 13.1. The molecule has 6 heteroatoms. The maximum absolute atomic E-state index is 11.3. The Labute approximate surface area is 95.0 Å². The molecule has 50 valence electrons. The van der Waals surface area contributed by atoms with E-state index in [1.54, 1.807) is 0 Å². The summed E-state index contributed by atoms with van der Waals surface area (Å²) in [6.45, 7) is -3.32. The van der Waals surface area contributed by atoms with Crippen LogP contribution in [-0.4, -0.2) is 13.0 Å². The smallest absolute Gasteiger partial charge is 0.449 e. The van der Waals surface area contributed by atoms with E-state index < -0.39 is 19.3 Å². The van der Waals surface area contributed by atoms with Gasteiger partial charge in [0.2, 0.25) is 0 Å². The largest absolute Gasteiger partial charge is 1.00 e. The van der Waals surface area contributed by atoms with E-state index in [0.717, 1.165) is 0 Å². The zero-order valence-corrected chi connectivity index (χ0v) is 8.70. The van der Waals surface area contributed by atoms with Gasteiger partial charge in [-0.3, -0.25) is 0 Å². The molecule has 0 aromatic carbocycles. The first-order valence-corrected chi connectivity index (χ1v) is 2.38. The molecule has 0 bridgehead atoms. The van der Waals surface area contributed by atoms with Crippen LogP contribution < -0.4 is 57.1 Å². The van der Waals surface area contributed by atoms with Gasteiger partial charge in [-0.2, -0.15) is 0 Å². The first-order chi connectivity index (χ1) is 3.42. The number of halogens is 3. The molecule has 0 saturated carbocycles. The third-order valence-corrected chi connectivity index (χ3v) is 0.639. The standard InChI is InChI=1S/C3H8BF3N.K/c1-3(8)2-4(5,6)7;/h3H,2,8H2,1H3;/q-1;+1. The Balaban J connectivity index is 0. The molecule has 0 aliphatic heterocycles. The minimum Gasteiger partial charge on any atom is -0.449 e. The van der Waals surface area contributed by atoms with Gasteiger partial charge in [-0.05, 0) is 6.04 Å². The SMILES string of the molecule is CC(N)C[B-](F)(F)F.[K+]. The molecule has 0 radical (unpaired) electrons. The van der Waals surface area contributed by atoms with Crippen molar-refractivity contribution in [3.8, 4) is 0 Å². The van der Waals surface area contributed by atoms with Crippen LogP contribution in [0.15, 0.2) is 0 Å². The number of hydrogen-bond acceptors (Lipinski definition) is 1. The van der Waals surface area contributed by atoms with Crippen LogP contribution in [0.1, 0.15) is 6.92 Å². The number of nitrogens with two attached hydrogens (primary N) is 1. The van der Waals surface area contributed by atoms with E-state index in [1.165, 1.54) is 6.92 Å². The van der Waals surface area contributed by atoms with Crippen LogP contribution in [0.2, 0.25) is 6.32 Å². The van der Waals surface area contributed by atoms with Gasteiger partial charge in [0.05, 0.1) is 0 Å². The van der Waals surface area contributed by atoms with E-state index in [0.29, 0.717) is 0 Å². The van der Waals surface area contributed by atoms with Crippen LogP contribution in [0.4, 0.5) is 12.9 Å². The molecule has 0 aromatic heterocycles. The molecule has 0 heterocycles. The van der Waals surface area contributed by atoms with Gasteiger partial charge in [0.15, 0.2) is 0 Å². The van der Waals surface area contributed by atoms with Crippen molar-refractivity contribution in [2.75, 3.05) is 0 Å². The Morgan fingerprint density at radius 3 is 1.78 bits per heavy atom. The summed E-state index contributed by atoms with van der Waals surface area (Å²) in [4.78, 5) is 0. The molecule has 1 atom stereocenters. The van der Waals surface area contributed by atoms with Crippen LogP contribution in [0.25, 0.3) is 0 Å². The van der Waals surface area contributed by atoms with Crippen LogP contribution >= 0.6 is 0 Å². The molecular formula is C3H8BF3KN. The number of rotatable bonds is 2. The summed E-state index contributed by atoms with van der Waals surface area (Å²) >= 11 is 0. The quantitative estimate of drug-likeness (QED) is 0.479. The third-order valence-electron chi connectivity index (χ3n) is 0.639. The van der Waals surface area contributed by atoms with Crippen LogP contribution in [0, 0.1) is 0 Å². The van der Waals surface area contributed by atoms with Crippen LogP contribution in [-0.2, 0) is 0 Å². The second kappa shape index (κ2) is 5.15. The van der Waals surface area contributed by atoms with Gasteiger partial charge < -0.3 is 18.7 Å². The topological polar surface area (TPSA) is 26.0 Å². The first-order valence-electron chi connectivity index (χ1n) is 2.38. The monoisotopic (exact) mass is 165 g/mol. The Hall–Kier alpha value is 1.45. The van der Waals surface area contributed by atoms with E-state index in [2.05, 4.69) is 0 Å². The van der Waals surface area contributed by atoms with Crippen molar-refractivity contribution < 1.29 is 64.3 Å². The van der Waals surface area contributed by atoms with Crippen molar-refractivity contribution in [1.29, 1.82) is 0 Å². The molecule has 0 saturated heterocycles. The van der Waals surface area contributed by atoms with Crippen molar-refractivity contribution in [3.63, 3.8) is 0 Å². The summed E-state index contributed by atoms with van der Waals surface area (Å²) < 4.78 is 33.9. The molecule has 0 aromatic rings. The summed E-state index contributed by atoms with van der Waals surface area (Å²) in [5.41, 5.74) is 4.87. The predicted octanol–water partition coefficient (Wildman–Crippen LogP) is -1.81. The Morgan fingerprint density at radius 1 is 1.44 bits per heavy atom. The second-order valence-electron chi connectivity index (χ2n) is 1.92. The minimum absolute atomic E-state index is 0. The fourth-order valence-corrected chi connectivity index (χ4v) is 0.422. The summed E-state index contributed by atoms with van der Waals surface area (Å²) in [7, 11) is 0. The molecular weight excluding hydrogens is 157 g/mol. The van der Waals surface area contributed by atoms with Gasteiger partial charge in [-0.15, -0.1) is 0 Å². The Morgan fingerprint density at radius 2 is 1.78 bits per heavy atom. The van der Waals surface area contributed by atoms with Gasteiger partial charge in [0.1, 0.15) is 0 Å². The average Bonchev–Trinajstić information content (AvgIpc) is 1.21. The minimum atomic E-state index is -4.66. The fraction of sp³-hybridized carbons (Fsp3) is 1.00. The van der Waals surface area contributed by atoms with Gasteiger partial charge in [0, 0.05) is 0 Å². The molecule has 2 N–H and O–H groups in total. The van der Waals surface area contributed by atoms with Gasteiger partial charge in [0.25, 0.3) is 0 Å². The molecule has 1 nitrogen and oxygen atoms in total. The van der Waals surface area contributed by atoms with E-state index in [4.69, 9.17) is 5.73 Å². The third kappa shape index (κ3) is 12.6. The second-order valence-corrected chi connectivity index (χ2v) is 1.92. The maximum atomic E-state index is 11.3. The summed E-state index contributed by atoms with van der Waals surface area (Å²) in [5.74, 6) is 0. The molecule has 0 aliphatic rings. The Bertz CT molecular complexity index is 73.9. The van der Waals surface area contributed by atoms with Gasteiger partial charge in [-0.25, -0.2) is 0 Å². The summed E-state index contributed by atoms with van der Waals surface area (Å²) in [6, 6.07) is -0.755. The van der Waals surface area contributed by atoms with E-state index in [1.807, 2.05) is 0 Å². The van der Waals surface area contributed by atoms with Crippen LogP contribution in [0.5, 0.6) is 0 Å². The molecule has 0 fully saturated rings. The van der Waals surface area contributed by atoms with Crippen molar-refractivity contribution in [1.82, 2.24) is 0 Å². The van der Waals surface area contributed by atoms with Crippen molar-refractivity contribution >= 4 is 6.98 Å². The summed E-state index contributed by atoms with van der Waals surface area (Å²) in [5, 5.41) is 0. The van der Waals surface area contributed by atoms with Crippen molar-refractivity contribution in [2.45, 2.75) is 19.3 Å². The molecule has 0 amide bonds. The fourth-order valence-electron chi connectivity index (χ4n) is 0.422. The average molecular weight is 165 g/mol. The summed E-state index contributed by atoms with van der Waals surface area (Å²) in [6.07, 6.45) is -0.833. The normalized spacial score (nSPS) is 14.3. The van der Waals surface area contributed by atoms with Crippen molar-refractivity contribution in [2.24, 2.45) is 5.73 Å². The van der Waals surface area contributed by atoms with E-state index in [9.17, 15) is 12.9 Å². The molecule has 0 spiro atoms. The Kier molecular flexibility index (Phi) is 7.48. The predicted molar refractivity (Wildman–Crippen MR) is 27.5 cm³/mol. The molecule has 1 unspecified atom stereocenters. The molecule has 9 heavy (non-hydrogen) atoms. The zero-order chi connectivity index (χ0) is 6.78. The van der Waals surface area contributed by atoms with E-state index in [-0.39, 0.29) is 51.4 Å². The van der Waals surface area contributed by atoms with Gasteiger partial charge >= 0.3 is 58.4 Å². The van der Waals surface area contributed by atoms with E-state index >= 15 is 0 Å². The van der Waals surface area contributed by atoms with Gasteiger partial charge in [-0.1, -0.05) is 13.2 Å². The molecule has 0 rings (SSSR count). The number of hydrogen-bond donors (Lipinski definition) is 1. The maximum Gasteiger partial charge on any atom is 1.00 e. The van der Waals surface area contributed by atoms with Crippen molar-refractivity contribution in [3.05, 3.63) is 0 Å². The molecule has 0 aliphatic carbocycles.